The SMILES string of the molecule is C=CC[C@H](C(N)=O)[C@H](C(=O)NCC)C(C)(C)C. The van der Waals surface area contributed by atoms with E-state index in [2.05, 4.69) is 11.9 Å². The maximum absolute atomic E-state index is 12.1. The van der Waals surface area contributed by atoms with Gasteiger partial charge in [-0.25, -0.2) is 0 Å². The Morgan fingerprint density at radius 1 is 1.41 bits per heavy atom. The van der Waals surface area contributed by atoms with E-state index in [1.807, 2.05) is 27.7 Å². The van der Waals surface area contributed by atoms with Gasteiger partial charge in [-0.2, -0.15) is 0 Å². The average molecular weight is 240 g/mol. The van der Waals surface area contributed by atoms with Crippen LogP contribution in [0.1, 0.15) is 34.1 Å². The van der Waals surface area contributed by atoms with Crippen LogP contribution < -0.4 is 11.1 Å². The molecule has 0 aromatic heterocycles. The van der Waals surface area contributed by atoms with E-state index >= 15 is 0 Å². The van der Waals surface area contributed by atoms with E-state index in [1.165, 1.54) is 0 Å². The number of hydrogen-bond acceptors (Lipinski definition) is 2. The van der Waals surface area contributed by atoms with Crippen molar-refractivity contribution in [2.45, 2.75) is 34.1 Å². The van der Waals surface area contributed by atoms with E-state index in [9.17, 15) is 9.59 Å². The van der Waals surface area contributed by atoms with Crippen molar-refractivity contribution in [3.63, 3.8) is 0 Å². The van der Waals surface area contributed by atoms with Crippen LogP contribution in [0.5, 0.6) is 0 Å². The highest BCUT2D eigenvalue weighted by molar-refractivity contribution is 5.87. The molecule has 0 aliphatic rings. The summed E-state index contributed by atoms with van der Waals surface area (Å²) < 4.78 is 0. The van der Waals surface area contributed by atoms with Gasteiger partial charge in [-0.1, -0.05) is 26.8 Å². The van der Waals surface area contributed by atoms with Crippen molar-refractivity contribution < 1.29 is 9.59 Å². The van der Waals surface area contributed by atoms with E-state index in [0.717, 1.165) is 0 Å². The molecule has 0 saturated heterocycles. The van der Waals surface area contributed by atoms with E-state index in [-0.39, 0.29) is 11.3 Å². The molecule has 0 unspecified atom stereocenters. The largest absolute Gasteiger partial charge is 0.369 e. The number of hydrogen-bond donors (Lipinski definition) is 2. The summed E-state index contributed by atoms with van der Waals surface area (Å²) in [6.07, 6.45) is 2.06. The van der Waals surface area contributed by atoms with Crippen LogP contribution in [0.25, 0.3) is 0 Å². The Morgan fingerprint density at radius 2 is 1.94 bits per heavy atom. The first-order valence-corrected chi connectivity index (χ1v) is 5.93. The summed E-state index contributed by atoms with van der Waals surface area (Å²) in [5, 5.41) is 2.76. The van der Waals surface area contributed by atoms with Crippen LogP contribution in [0.15, 0.2) is 12.7 Å². The van der Waals surface area contributed by atoms with Gasteiger partial charge in [-0.05, 0) is 18.8 Å². The molecule has 0 bridgehead atoms. The van der Waals surface area contributed by atoms with E-state index in [4.69, 9.17) is 5.73 Å². The number of carbonyl (C=O) groups excluding carboxylic acids is 2. The fourth-order valence-corrected chi connectivity index (χ4v) is 2.06. The van der Waals surface area contributed by atoms with Gasteiger partial charge in [0.2, 0.25) is 11.8 Å². The summed E-state index contributed by atoms with van der Waals surface area (Å²) in [7, 11) is 0. The zero-order chi connectivity index (χ0) is 13.6. The lowest BCUT2D eigenvalue weighted by molar-refractivity contribution is -0.137. The monoisotopic (exact) mass is 240 g/mol. The highest BCUT2D eigenvalue weighted by atomic mass is 16.2. The van der Waals surface area contributed by atoms with Gasteiger partial charge in [-0.3, -0.25) is 9.59 Å². The lowest BCUT2D eigenvalue weighted by Crippen LogP contribution is -2.46. The molecule has 4 nitrogen and oxygen atoms in total. The summed E-state index contributed by atoms with van der Waals surface area (Å²) >= 11 is 0. The second-order valence-electron chi connectivity index (χ2n) is 5.27. The zero-order valence-corrected chi connectivity index (χ0v) is 11.2. The lowest BCUT2D eigenvalue weighted by Gasteiger charge is -2.34. The van der Waals surface area contributed by atoms with Gasteiger partial charge < -0.3 is 11.1 Å². The molecule has 0 rings (SSSR count). The first kappa shape index (κ1) is 15.7. The molecule has 3 N–H and O–H groups in total. The third kappa shape index (κ3) is 4.59. The summed E-state index contributed by atoms with van der Waals surface area (Å²) in [4.78, 5) is 23.5. The maximum Gasteiger partial charge on any atom is 0.224 e. The number of allylic oxidation sites excluding steroid dienone is 1. The Morgan fingerprint density at radius 3 is 2.24 bits per heavy atom. The van der Waals surface area contributed by atoms with Crippen molar-refractivity contribution in [2.24, 2.45) is 23.0 Å². The van der Waals surface area contributed by atoms with Crippen molar-refractivity contribution in [1.29, 1.82) is 0 Å². The molecule has 98 valence electrons. The van der Waals surface area contributed by atoms with Crippen LogP contribution in [0, 0.1) is 17.3 Å². The second-order valence-corrected chi connectivity index (χ2v) is 5.27. The predicted molar refractivity (Wildman–Crippen MR) is 69.1 cm³/mol. The van der Waals surface area contributed by atoms with Gasteiger partial charge in [0.15, 0.2) is 0 Å². The quantitative estimate of drug-likeness (QED) is 0.690. The van der Waals surface area contributed by atoms with Gasteiger partial charge in [0.25, 0.3) is 0 Å². The second kappa shape index (κ2) is 6.42. The van der Waals surface area contributed by atoms with Crippen molar-refractivity contribution in [1.82, 2.24) is 5.32 Å². The molecule has 0 aliphatic carbocycles. The highest BCUT2D eigenvalue weighted by Gasteiger charge is 2.39. The minimum absolute atomic E-state index is 0.120. The van der Waals surface area contributed by atoms with Gasteiger partial charge in [0.1, 0.15) is 0 Å². The van der Waals surface area contributed by atoms with Crippen molar-refractivity contribution in [3.8, 4) is 0 Å². The molecule has 0 saturated carbocycles. The molecule has 0 radical (unpaired) electrons. The molecule has 2 atom stereocenters. The molecule has 0 heterocycles. The average Bonchev–Trinajstić information content (AvgIpc) is 2.15. The molecule has 0 spiro atoms. The van der Waals surface area contributed by atoms with Gasteiger partial charge in [-0.15, -0.1) is 6.58 Å². The standard InChI is InChI=1S/C13H24N2O2/c1-6-8-9(11(14)16)10(13(3,4)5)12(17)15-7-2/h6,9-10H,1,7-8H2,2-5H3,(H2,14,16)(H,15,17)/t9-,10+/m0/s1. The van der Waals surface area contributed by atoms with Crippen molar-refractivity contribution in [2.75, 3.05) is 6.54 Å². The molecule has 0 aromatic rings. The third-order valence-corrected chi connectivity index (χ3v) is 2.75. The van der Waals surface area contributed by atoms with E-state index in [0.29, 0.717) is 13.0 Å². The topological polar surface area (TPSA) is 72.2 Å². The maximum atomic E-state index is 12.1. The number of primary amides is 1. The Hall–Kier alpha value is -1.32. The van der Waals surface area contributed by atoms with Crippen LogP contribution >= 0.6 is 0 Å². The number of carbonyl (C=O) groups is 2. The van der Waals surface area contributed by atoms with Gasteiger partial charge in [0.05, 0.1) is 11.8 Å². The minimum atomic E-state index is -0.501. The Kier molecular flexibility index (Phi) is 5.93. The first-order chi connectivity index (χ1) is 7.75. The van der Waals surface area contributed by atoms with Crippen LogP contribution in [-0.4, -0.2) is 18.4 Å². The number of nitrogens with two attached hydrogens (primary N) is 1. The molecule has 0 fully saturated rings. The highest BCUT2D eigenvalue weighted by Crippen LogP contribution is 2.34. The van der Waals surface area contributed by atoms with Crippen LogP contribution in [0.4, 0.5) is 0 Å². The van der Waals surface area contributed by atoms with Gasteiger partial charge in [0, 0.05) is 6.54 Å². The van der Waals surface area contributed by atoms with Crippen LogP contribution in [0.2, 0.25) is 0 Å². The smallest absolute Gasteiger partial charge is 0.224 e. The van der Waals surface area contributed by atoms with Crippen molar-refractivity contribution >= 4 is 11.8 Å². The number of nitrogens with one attached hydrogen (secondary N) is 1. The third-order valence-electron chi connectivity index (χ3n) is 2.75. The lowest BCUT2D eigenvalue weighted by atomic mass is 9.71. The summed E-state index contributed by atoms with van der Waals surface area (Å²) in [5.74, 6) is -1.50. The van der Waals surface area contributed by atoms with Crippen LogP contribution in [0.3, 0.4) is 0 Å². The minimum Gasteiger partial charge on any atom is -0.369 e. The van der Waals surface area contributed by atoms with E-state index in [1.54, 1.807) is 6.08 Å². The molecule has 0 aliphatic heterocycles. The first-order valence-electron chi connectivity index (χ1n) is 5.93. The van der Waals surface area contributed by atoms with E-state index < -0.39 is 17.7 Å². The number of rotatable bonds is 6. The fraction of sp³-hybridized carbons (Fsp3) is 0.692. The molecule has 4 heteroatoms. The van der Waals surface area contributed by atoms with Gasteiger partial charge >= 0.3 is 0 Å². The molecule has 0 aromatic carbocycles. The molecule has 2 amide bonds. The fourth-order valence-electron chi connectivity index (χ4n) is 2.06. The predicted octanol–water partition coefficient (Wildman–Crippen LogP) is 1.46. The summed E-state index contributed by atoms with van der Waals surface area (Å²) in [6, 6.07) is 0. The summed E-state index contributed by atoms with van der Waals surface area (Å²) in [6.45, 7) is 11.8. The molecule has 17 heavy (non-hydrogen) atoms. The Labute approximate surface area is 104 Å². The molecular weight excluding hydrogens is 216 g/mol. The normalized spacial score (nSPS) is 14.8. The Balaban J connectivity index is 5.20. The van der Waals surface area contributed by atoms with Crippen LogP contribution in [-0.2, 0) is 9.59 Å². The Bertz CT molecular complexity index is 292. The summed E-state index contributed by atoms with van der Waals surface area (Å²) in [5.41, 5.74) is 5.07. The molecular formula is C13H24N2O2. The number of amides is 2. The zero-order valence-electron chi connectivity index (χ0n) is 11.2. The van der Waals surface area contributed by atoms with Crippen molar-refractivity contribution in [3.05, 3.63) is 12.7 Å².